The summed E-state index contributed by atoms with van der Waals surface area (Å²) in [4.78, 5) is 7.56. The molecule has 2 rings (SSSR count). The minimum Gasteiger partial charge on any atom is -0.492 e. The number of aromatic hydroxyl groups is 1. The number of nitrogens with zero attached hydrogens (tertiary/aromatic N) is 1. The Labute approximate surface area is 104 Å². The van der Waals surface area contributed by atoms with Crippen molar-refractivity contribution in [3.05, 3.63) is 11.5 Å². The lowest BCUT2D eigenvalue weighted by atomic mass is 9.77. The van der Waals surface area contributed by atoms with Gasteiger partial charge in [-0.2, -0.15) is 4.98 Å². The molecule has 0 aromatic carbocycles. The highest BCUT2D eigenvalue weighted by Gasteiger charge is 2.26. The first-order valence-corrected chi connectivity index (χ1v) is 6.89. The van der Waals surface area contributed by atoms with Crippen LogP contribution in [0.1, 0.15) is 63.9 Å². The van der Waals surface area contributed by atoms with Gasteiger partial charge in [-0.25, -0.2) is 0 Å². The highest BCUT2D eigenvalue weighted by Crippen LogP contribution is 2.38. The fraction of sp³-hybridized carbons (Fsp3) is 0.786. The van der Waals surface area contributed by atoms with Gasteiger partial charge in [-0.05, 0) is 43.9 Å². The second-order valence-electron chi connectivity index (χ2n) is 5.63. The van der Waals surface area contributed by atoms with Crippen molar-refractivity contribution in [1.82, 2.24) is 9.97 Å². The van der Waals surface area contributed by atoms with Crippen molar-refractivity contribution in [3.63, 3.8) is 0 Å². The van der Waals surface area contributed by atoms with Crippen LogP contribution < -0.4 is 0 Å². The first-order chi connectivity index (χ1) is 8.11. The molecule has 0 saturated heterocycles. The molecular formula is C14H24N2O. The van der Waals surface area contributed by atoms with Gasteiger partial charge in [0, 0.05) is 5.92 Å². The van der Waals surface area contributed by atoms with Crippen molar-refractivity contribution < 1.29 is 5.11 Å². The molecule has 0 bridgehead atoms. The monoisotopic (exact) mass is 236 g/mol. The predicted octanol–water partition coefficient (Wildman–Crippen LogP) is 3.61. The summed E-state index contributed by atoms with van der Waals surface area (Å²) in [6.45, 7) is 6.67. The zero-order valence-electron chi connectivity index (χ0n) is 11.2. The minimum atomic E-state index is 0.202. The van der Waals surface area contributed by atoms with Crippen LogP contribution in [0.15, 0.2) is 0 Å². The first-order valence-electron chi connectivity index (χ1n) is 6.89. The molecule has 96 valence electrons. The Balaban J connectivity index is 2.00. The summed E-state index contributed by atoms with van der Waals surface area (Å²) in [5.41, 5.74) is 0.881. The van der Waals surface area contributed by atoms with Crippen LogP contribution in [0.5, 0.6) is 5.88 Å². The molecule has 17 heavy (non-hydrogen) atoms. The van der Waals surface area contributed by atoms with E-state index in [-0.39, 0.29) is 5.88 Å². The van der Waals surface area contributed by atoms with Crippen molar-refractivity contribution in [2.45, 2.75) is 58.8 Å². The normalized spacial score (nSPS) is 25.4. The number of rotatable bonds is 3. The molecular weight excluding hydrogens is 212 g/mol. The van der Waals surface area contributed by atoms with E-state index >= 15 is 0 Å². The Kier molecular flexibility index (Phi) is 3.75. The lowest BCUT2D eigenvalue weighted by Gasteiger charge is -2.29. The van der Waals surface area contributed by atoms with Crippen LogP contribution in [0, 0.1) is 11.8 Å². The van der Waals surface area contributed by atoms with E-state index in [1.165, 1.54) is 25.7 Å². The summed E-state index contributed by atoms with van der Waals surface area (Å²) >= 11 is 0. The summed E-state index contributed by atoms with van der Waals surface area (Å²) < 4.78 is 0. The number of imidazole rings is 1. The van der Waals surface area contributed by atoms with Gasteiger partial charge in [0.2, 0.25) is 5.88 Å². The van der Waals surface area contributed by atoms with Gasteiger partial charge in [-0.1, -0.05) is 20.8 Å². The molecule has 1 saturated carbocycles. The molecule has 3 heteroatoms. The maximum Gasteiger partial charge on any atom is 0.232 e. The van der Waals surface area contributed by atoms with Crippen LogP contribution in [0.25, 0.3) is 0 Å². The molecule has 1 aromatic rings. The summed E-state index contributed by atoms with van der Waals surface area (Å²) in [7, 11) is 0. The van der Waals surface area contributed by atoms with Gasteiger partial charge in [0.25, 0.3) is 0 Å². The van der Waals surface area contributed by atoms with Gasteiger partial charge in [0.15, 0.2) is 0 Å². The van der Waals surface area contributed by atoms with Gasteiger partial charge in [-0.15, -0.1) is 0 Å². The smallest absolute Gasteiger partial charge is 0.232 e. The molecule has 3 nitrogen and oxygen atoms in total. The topological polar surface area (TPSA) is 48.9 Å². The van der Waals surface area contributed by atoms with E-state index in [4.69, 9.17) is 0 Å². The quantitative estimate of drug-likeness (QED) is 0.842. The van der Waals surface area contributed by atoms with Gasteiger partial charge in [0.05, 0.1) is 5.69 Å². The molecule has 0 spiro atoms. The molecule has 1 aliphatic rings. The van der Waals surface area contributed by atoms with Crippen molar-refractivity contribution in [3.8, 4) is 5.88 Å². The minimum absolute atomic E-state index is 0.202. The Bertz CT molecular complexity index is 362. The number of aryl methyl sites for hydroxylation is 1. The van der Waals surface area contributed by atoms with E-state index in [2.05, 4.69) is 23.8 Å². The maximum absolute atomic E-state index is 9.66. The number of H-pyrrole nitrogens is 1. The first kappa shape index (κ1) is 12.5. The number of nitrogens with one attached hydrogen (secondary N) is 1. The van der Waals surface area contributed by atoms with Crippen molar-refractivity contribution >= 4 is 0 Å². The third kappa shape index (κ3) is 2.64. The maximum atomic E-state index is 9.66. The average Bonchev–Trinajstić information content (AvgIpc) is 2.70. The summed E-state index contributed by atoms with van der Waals surface area (Å²) in [5, 5.41) is 9.66. The molecule has 1 heterocycles. The molecule has 0 radical (unpaired) electrons. The lowest BCUT2D eigenvalue weighted by molar-refractivity contribution is 0.255. The summed E-state index contributed by atoms with van der Waals surface area (Å²) in [5.74, 6) is 3.40. The standard InChI is InChI=1S/C14H24N2O/c1-4-12-14(17)16-13(15-12)11-7-5-10(6-8-11)9(2)3/h9-11,17H,4-8H2,1-3H3,(H,15,16). The fourth-order valence-corrected chi connectivity index (χ4v) is 2.92. The van der Waals surface area contributed by atoms with Crippen LogP contribution in [0.3, 0.4) is 0 Å². The number of aromatic amines is 1. The fourth-order valence-electron chi connectivity index (χ4n) is 2.92. The SMILES string of the molecule is CCc1[nH]c(C2CCC(C(C)C)CC2)nc1O. The molecule has 1 aliphatic carbocycles. The van der Waals surface area contributed by atoms with Crippen molar-refractivity contribution in [1.29, 1.82) is 0 Å². The van der Waals surface area contributed by atoms with E-state index in [0.717, 1.165) is 29.8 Å². The second-order valence-corrected chi connectivity index (χ2v) is 5.63. The van der Waals surface area contributed by atoms with Gasteiger partial charge >= 0.3 is 0 Å². The van der Waals surface area contributed by atoms with E-state index < -0.39 is 0 Å². The number of aromatic nitrogens is 2. The molecule has 0 atom stereocenters. The van der Waals surface area contributed by atoms with Crippen LogP contribution in [-0.2, 0) is 6.42 Å². The third-order valence-corrected chi connectivity index (χ3v) is 4.23. The Morgan fingerprint density at radius 2 is 1.94 bits per heavy atom. The Morgan fingerprint density at radius 3 is 2.41 bits per heavy atom. The molecule has 1 aromatic heterocycles. The predicted molar refractivity (Wildman–Crippen MR) is 69.2 cm³/mol. The van der Waals surface area contributed by atoms with Gasteiger partial charge in [0.1, 0.15) is 5.82 Å². The van der Waals surface area contributed by atoms with E-state index in [1.54, 1.807) is 0 Å². The van der Waals surface area contributed by atoms with Crippen LogP contribution in [-0.4, -0.2) is 15.1 Å². The zero-order valence-corrected chi connectivity index (χ0v) is 11.2. The van der Waals surface area contributed by atoms with Crippen LogP contribution >= 0.6 is 0 Å². The number of hydrogen-bond donors (Lipinski definition) is 2. The lowest BCUT2D eigenvalue weighted by Crippen LogP contribution is -2.18. The molecule has 1 fully saturated rings. The van der Waals surface area contributed by atoms with Crippen molar-refractivity contribution in [2.24, 2.45) is 11.8 Å². The largest absolute Gasteiger partial charge is 0.492 e. The highest BCUT2D eigenvalue weighted by molar-refractivity contribution is 5.21. The summed E-state index contributed by atoms with van der Waals surface area (Å²) in [6, 6.07) is 0. The highest BCUT2D eigenvalue weighted by atomic mass is 16.3. The molecule has 2 N–H and O–H groups in total. The van der Waals surface area contributed by atoms with Gasteiger partial charge in [-0.3, -0.25) is 0 Å². The van der Waals surface area contributed by atoms with Crippen LogP contribution in [0.2, 0.25) is 0 Å². The molecule has 0 amide bonds. The molecule has 0 unspecified atom stereocenters. The van der Waals surface area contributed by atoms with E-state index in [1.807, 2.05) is 6.92 Å². The van der Waals surface area contributed by atoms with Crippen LogP contribution in [0.4, 0.5) is 0 Å². The Morgan fingerprint density at radius 1 is 1.29 bits per heavy atom. The second kappa shape index (κ2) is 5.11. The summed E-state index contributed by atoms with van der Waals surface area (Å²) in [6.07, 6.45) is 5.83. The average molecular weight is 236 g/mol. The molecule has 0 aliphatic heterocycles. The van der Waals surface area contributed by atoms with E-state index in [9.17, 15) is 5.11 Å². The van der Waals surface area contributed by atoms with Gasteiger partial charge < -0.3 is 10.1 Å². The van der Waals surface area contributed by atoms with Crippen molar-refractivity contribution in [2.75, 3.05) is 0 Å². The van der Waals surface area contributed by atoms with E-state index in [0.29, 0.717) is 5.92 Å². The zero-order chi connectivity index (χ0) is 12.4. The number of hydrogen-bond acceptors (Lipinski definition) is 2. The Hall–Kier alpha value is -0.990. The third-order valence-electron chi connectivity index (χ3n) is 4.23.